The first-order valence-corrected chi connectivity index (χ1v) is 9.19. The average Bonchev–Trinajstić information content (AvgIpc) is 2.88. The van der Waals surface area contributed by atoms with Gasteiger partial charge in [-0.15, -0.1) is 0 Å². The first-order valence-electron chi connectivity index (χ1n) is 9.19. The van der Waals surface area contributed by atoms with Crippen LogP contribution >= 0.6 is 0 Å². The first kappa shape index (κ1) is 20.6. The van der Waals surface area contributed by atoms with E-state index in [-0.39, 0.29) is 29.5 Å². The predicted octanol–water partition coefficient (Wildman–Crippen LogP) is 2.16. The van der Waals surface area contributed by atoms with Crippen molar-refractivity contribution in [2.24, 2.45) is 5.92 Å². The van der Waals surface area contributed by atoms with Crippen LogP contribution in [0.25, 0.3) is 0 Å². The topological polar surface area (TPSA) is 92.8 Å². The number of imide groups is 1. The molecule has 146 valence electrons. The summed E-state index contributed by atoms with van der Waals surface area (Å²) in [6.45, 7) is 7.10. The van der Waals surface area contributed by atoms with Gasteiger partial charge < -0.3 is 10.1 Å². The van der Waals surface area contributed by atoms with Crippen molar-refractivity contribution in [2.75, 3.05) is 6.61 Å². The monoisotopic (exact) mass is 374 g/mol. The van der Waals surface area contributed by atoms with E-state index in [0.29, 0.717) is 0 Å². The Balaban J connectivity index is 2.14. The Morgan fingerprint density at radius 1 is 1.07 bits per heavy atom. The molecule has 7 nitrogen and oxygen atoms in total. The summed E-state index contributed by atoms with van der Waals surface area (Å²) in [5.74, 6) is -2.15. The van der Waals surface area contributed by atoms with Crippen LogP contribution in [0.3, 0.4) is 0 Å². The van der Waals surface area contributed by atoms with Crippen LogP contribution in [0.4, 0.5) is 0 Å². The molecule has 3 amide bonds. The van der Waals surface area contributed by atoms with Crippen molar-refractivity contribution in [3.05, 3.63) is 35.4 Å². The minimum Gasteiger partial charge on any atom is -0.454 e. The number of benzene rings is 1. The van der Waals surface area contributed by atoms with Gasteiger partial charge in [0.15, 0.2) is 6.61 Å². The molecule has 0 saturated heterocycles. The Morgan fingerprint density at radius 2 is 1.63 bits per heavy atom. The molecule has 2 atom stereocenters. The summed E-state index contributed by atoms with van der Waals surface area (Å²) in [6, 6.07) is 5.37. The van der Waals surface area contributed by atoms with E-state index in [1.165, 1.54) is 0 Å². The predicted molar refractivity (Wildman–Crippen MR) is 99.0 cm³/mol. The fourth-order valence-corrected chi connectivity index (χ4v) is 2.90. The Hall–Kier alpha value is -2.70. The van der Waals surface area contributed by atoms with Crippen LogP contribution in [0, 0.1) is 5.92 Å². The van der Waals surface area contributed by atoms with Gasteiger partial charge in [-0.3, -0.25) is 19.3 Å². The Kier molecular flexibility index (Phi) is 6.71. The van der Waals surface area contributed by atoms with Gasteiger partial charge in [-0.2, -0.15) is 0 Å². The Morgan fingerprint density at radius 3 is 2.11 bits per heavy atom. The molecule has 0 spiro atoms. The molecule has 1 heterocycles. The summed E-state index contributed by atoms with van der Waals surface area (Å²) in [5, 5.41) is 2.70. The van der Waals surface area contributed by atoms with Crippen molar-refractivity contribution < 1.29 is 23.9 Å². The standard InChI is InChI=1S/C20H26N2O5/c1-5-13(4)21-17(23)11-27-20(26)16(10-12(2)3)22-18(24)14-8-6-7-9-15(14)19(22)25/h6-9,12-13,16H,5,10-11H2,1-4H3,(H,21,23)/t13-,16-/m1/s1. The van der Waals surface area contributed by atoms with Crippen LogP contribution < -0.4 is 5.32 Å². The SMILES string of the molecule is CC[C@@H](C)NC(=O)COC(=O)[C@@H](CC(C)C)N1C(=O)c2ccccc2C1=O. The number of hydrogen-bond acceptors (Lipinski definition) is 5. The van der Waals surface area contributed by atoms with E-state index >= 15 is 0 Å². The molecule has 0 unspecified atom stereocenters. The lowest BCUT2D eigenvalue weighted by Gasteiger charge is -2.26. The highest BCUT2D eigenvalue weighted by Gasteiger charge is 2.43. The zero-order valence-corrected chi connectivity index (χ0v) is 16.2. The van der Waals surface area contributed by atoms with Gasteiger partial charge in [0, 0.05) is 6.04 Å². The molecule has 27 heavy (non-hydrogen) atoms. The third-order valence-corrected chi connectivity index (χ3v) is 4.47. The second kappa shape index (κ2) is 8.79. The second-order valence-electron chi connectivity index (χ2n) is 7.16. The quantitative estimate of drug-likeness (QED) is 0.556. The zero-order valence-electron chi connectivity index (χ0n) is 16.2. The van der Waals surface area contributed by atoms with E-state index in [0.717, 1.165) is 11.3 Å². The minimum atomic E-state index is -1.06. The van der Waals surface area contributed by atoms with E-state index in [4.69, 9.17) is 4.74 Å². The van der Waals surface area contributed by atoms with Crippen molar-refractivity contribution in [3.63, 3.8) is 0 Å². The summed E-state index contributed by atoms with van der Waals surface area (Å²) in [4.78, 5) is 50.8. The molecule has 0 fully saturated rings. The van der Waals surface area contributed by atoms with Crippen LogP contribution in [-0.4, -0.2) is 47.3 Å². The molecule has 1 aliphatic rings. The van der Waals surface area contributed by atoms with Crippen molar-refractivity contribution in [1.82, 2.24) is 10.2 Å². The smallest absolute Gasteiger partial charge is 0.329 e. The summed E-state index contributed by atoms with van der Waals surface area (Å²) >= 11 is 0. The highest BCUT2D eigenvalue weighted by molar-refractivity contribution is 6.22. The van der Waals surface area contributed by atoms with Crippen LogP contribution in [-0.2, 0) is 14.3 Å². The zero-order chi connectivity index (χ0) is 20.1. The van der Waals surface area contributed by atoms with Crippen molar-refractivity contribution in [1.29, 1.82) is 0 Å². The summed E-state index contributed by atoms with van der Waals surface area (Å²) < 4.78 is 5.12. The molecule has 0 bridgehead atoms. The van der Waals surface area contributed by atoms with E-state index in [1.54, 1.807) is 24.3 Å². The fraction of sp³-hybridized carbons (Fsp3) is 0.500. The third-order valence-electron chi connectivity index (χ3n) is 4.47. The van der Waals surface area contributed by atoms with Crippen LogP contribution in [0.15, 0.2) is 24.3 Å². The van der Waals surface area contributed by atoms with Gasteiger partial charge in [-0.05, 0) is 37.8 Å². The van der Waals surface area contributed by atoms with Gasteiger partial charge in [0.2, 0.25) is 0 Å². The number of amides is 3. The molecule has 0 aromatic heterocycles. The normalized spacial score (nSPS) is 15.5. The van der Waals surface area contributed by atoms with Gasteiger partial charge in [0.25, 0.3) is 17.7 Å². The molecular formula is C20H26N2O5. The largest absolute Gasteiger partial charge is 0.454 e. The van der Waals surface area contributed by atoms with E-state index in [1.807, 2.05) is 27.7 Å². The summed E-state index contributed by atoms with van der Waals surface area (Å²) in [7, 11) is 0. The molecule has 1 aromatic carbocycles. The molecule has 0 radical (unpaired) electrons. The third kappa shape index (κ3) is 4.72. The molecule has 0 aliphatic carbocycles. The number of ether oxygens (including phenoxy) is 1. The number of carbonyl (C=O) groups excluding carboxylic acids is 4. The molecule has 1 aliphatic heterocycles. The highest BCUT2D eigenvalue weighted by atomic mass is 16.5. The van der Waals surface area contributed by atoms with Gasteiger partial charge in [-0.25, -0.2) is 4.79 Å². The molecule has 2 rings (SSSR count). The summed E-state index contributed by atoms with van der Waals surface area (Å²) in [5.41, 5.74) is 0.553. The van der Waals surface area contributed by atoms with Crippen LogP contribution in [0.2, 0.25) is 0 Å². The number of esters is 1. The molecular weight excluding hydrogens is 348 g/mol. The van der Waals surface area contributed by atoms with E-state index < -0.39 is 36.3 Å². The lowest BCUT2D eigenvalue weighted by Crippen LogP contribution is -2.47. The van der Waals surface area contributed by atoms with Crippen molar-refractivity contribution in [2.45, 2.75) is 52.6 Å². The molecule has 1 aromatic rings. The van der Waals surface area contributed by atoms with Crippen molar-refractivity contribution in [3.8, 4) is 0 Å². The lowest BCUT2D eigenvalue weighted by molar-refractivity contribution is -0.153. The van der Waals surface area contributed by atoms with Gasteiger partial charge in [0.1, 0.15) is 6.04 Å². The van der Waals surface area contributed by atoms with Crippen LogP contribution in [0.5, 0.6) is 0 Å². The first-order chi connectivity index (χ1) is 12.8. The van der Waals surface area contributed by atoms with Gasteiger partial charge in [-0.1, -0.05) is 32.9 Å². The molecule has 1 N–H and O–H groups in total. The number of nitrogens with one attached hydrogen (secondary N) is 1. The van der Waals surface area contributed by atoms with Crippen LogP contribution in [0.1, 0.15) is 61.3 Å². The van der Waals surface area contributed by atoms with Gasteiger partial charge >= 0.3 is 5.97 Å². The van der Waals surface area contributed by atoms with E-state index in [2.05, 4.69) is 5.32 Å². The number of carbonyl (C=O) groups is 4. The maximum absolute atomic E-state index is 12.7. The van der Waals surface area contributed by atoms with E-state index in [9.17, 15) is 19.2 Å². The number of hydrogen-bond donors (Lipinski definition) is 1. The number of fused-ring (bicyclic) bond motifs is 1. The fourth-order valence-electron chi connectivity index (χ4n) is 2.90. The second-order valence-corrected chi connectivity index (χ2v) is 7.16. The number of rotatable bonds is 8. The molecule has 0 saturated carbocycles. The highest BCUT2D eigenvalue weighted by Crippen LogP contribution is 2.27. The molecule has 7 heteroatoms. The average molecular weight is 374 g/mol. The maximum atomic E-state index is 12.7. The summed E-state index contributed by atoms with van der Waals surface area (Å²) in [6.07, 6.45) is 1.02. The maximum Gasteiger partial charge on any atom is 0.329 e. The Bertz CT molecular complexity index is 709. The lowest BCUT2D eigenvalue weighted by atomic mass is 10.0. The van der Waals surface area contributed by atoms with Gasteiger partial charge in [0.05, 0.1) is 11.1 Å². The minimum absolute atomic E-state index is 0.0288. The number of nitrogens with zero attached hydrogens (tertiary/aromatic N) is 1. The van der Waals surface area contributed by atoms with Crippen molar-refractivity contribution >= 4 is 23.7 Å². The Labute approximate surface area is 159 Å².